The molecule has 5 nitrogen and oxygen atoms in total. The summed E-state index contributed by atoms with van der Waals surface area (Å²) in [5.41, 5.74) is 0.693. The molecule has 1 aromatic rings. The summed E-state index contributed by atoms with van der Waals surface area (Å²) in [7, 11) is 0. The van der Waals surface area contributed by atoms with Crippen molar-refractivity contribution in [3.63, 3.8) is 0 Å². The Labute approximate surface area is 118 Å². The fourth-order valence-corrected chi connectivity index (χ4v) is 2.09. The van der Waals surface area contributed by atoms with Crippen molar-refractivity contribution < 1.29 is 14.7 Å². The molecular formula is C15H20N2O3. The predicted molar refractivity (Wildman–Crippen MR) is 77.0 cm³/mol. The predicted octanol–water partition coefficient (Wildman–Crippen LogP) is 3.04. The lowest BCUT2D eigenvalue weighted by atomic mass is 10.2. The average Bonchev–Trinajstić information content (AvgIpc) is 3.22. The molecule has 0 atom stereocenters. The van der Waals surface area contributed by atoms with Gasteiger partial charge >= 0.3 is 12.0 Å². The van der Waals surface area contributed by atoms with Crippen molar-refractivity contribution in [3.05, 3.63) is 29.8 Å². The molecule has 108 valence electrons. The summed E-state index contributed by atoms with van der Waals surface area (Å²) in [5.74, 6) is -0.359. The minimum Gasteiger partial charge on any atom is -0.478 e. The van der Waals surface area contributed by atoms with E-state index in [0.717, 1.165) is 19.5 Å². The van der Waals surface area contributed by atoms with Crippen LogP contribution in [0, 0.1) is 5.92 Å². The molecule has 0 heterocycles. The van der Waals surface area contributed by atoms with E-state index < -0.39 is 5.97 Å². The summed E-state index contributed by atoms with van der Waals surface area (Å²) in [5, 5.41) is 11.7. The highest BCUT2D eigenvalue weighted by Crippen LogP contribution is 2.30. The molecule has 0 unspecified atom stereocenters. The number of carbonyl (C=O) groups is 2. The number of carbonyl (C=O) groups excluding carboxylic acids is 1. The highest BCUT2D eigenvalue weighted by atomic mass is 16.4. The maximum atomic E-state index is 12.2. The van der Waals surface area contributed by atoms with Crippen molar-refractivity contribution in [2.45, 2.75) is 26.2 Å². The maximum absolute atomic E-state index is 12.2. The van der Waals surface area contributed by atoms with Gasteiger partial charge in [-0.2, -0.15) is 0 Å². The van der Waals surface area contributed by atoms with Gasteiger partial charge in [-0.3, -0.25) is 0 Å². The van der Waals surface area contributed by atoms with Crippen LogP contribution in [0.3, 0.4) is 0 Å². The molecule has 5 heteroatoms. The van der Waals surface area contributed by atoms with Crippen molar-refractivity contribution in [1.82, 2.24) is 4.90 Å². The Morgan fingerprint density at radius 3 is 2.75 bits per heavy atom. The summed E-state index contributed by atoms with van der Waals surface area (Å²) >= 11 is 0. The number of carboxylic acids is 1. The second kappa shape index (κ2) is 6.41. The Hall–Kier alpha value is -2.04. The zero-order chi connectivity index (χ0) is 14.5. The van der Waals surface area contributed by atoms with Gasteiger partial charge in [-0.15, -0.1) is 0 Å². The molecule has 1 aliphatic carbocycles. The standard InChI is InChI=1S/C15H20N2O3/c1-2-8-17(10-11-6-7-11)15(20)16-13-5-3-4-12(9-13)14(18)19/h3-5,9,11H,2,6-8,10H2,1H3,(H,16,20)(H,18,19). The first-order chi connectivity index (χ1) is 9.60. The van der Waals surface area contributed by atoms with Gasteiger partial charge in [-0.25, -0.2) is 9.59 Å². The summed E-state index contributed by atoms with van der Waals surface area (Å²) in [6.45, 7) is 3.55. The number of nitrogens with one attached hydrogen (secondary N) is 1. The van der Waals surface area contributed by atoms with Gasteiger partial charge in [-0.1, -0.05) is 13.0 Å². The monoisotopic (exact) mass is 276 g/mol. The quantitative estimate of drug-likeness (QED) is 0.839. The third-order valence-electron chi connectivity index (χ3n) is 3.32. The normalized spacial score (nSPS) is 13.8. The van der Waals surface area contributed by atoms with E-state index in [0.29, 0.717) is 11.6 Å². The van der Waals surface area contributed by atoms with Crippen molar-refractivity contribution in [1.29, 1.82) is 0 Å². The number of hydrogen-bond donors (Lipinski definition) is 2. The average molecular weight is 276 g/mol. The Morgan fingerprint density at radius 1 is 1.40 bits per heavy atom. The molecular weight excluding hydrogens is 256 g/mol. The van der Waals surface area contributed by atoms with Gasteiger partial charge in [0, 0.05) is 18.8 Å². The third-order valence-corrected chi connectivity index (χ3v) is 3.32. The van der Waals surface area contributed by atoms with Crippen LogP contribution in [-0.4, -0.2) is 35.1 Å². The van der Waals surface area contributed by atoms with Gasteiger partial charge < -0.3 is 15.3 Å². The third kappa shape index (κ3) is 3.98. The van der Waals surface area contributed by atoms with Gasteiger partial charge in [0.05, 0.1) is 5.56 Å². The Balaban J connectivity index is 2.00. The summed E-state index contributed by atoms with van der Waals surface area (Å²) in [4.78, 5) is 24.9. The molecule has 2 rings (SSSR count). The molecule has 2 amide bonds. The lowest BCUT2D eigenvalue weighted by Crippen LogP contribution is -2.37. The van der Waals surface area contributed by atoms with Crippen LogP contribution in [-0.2, 0) is 0 Å². The topological polar surface area (TPSA) is 69.6 Å². The SMILES string of the molecule is CCCN(CC1CC1)C(=O)Nc1cccc(C(=O)O)c1. The minimum absolute atomic E-state index is 0.152. The van der Waals surface area contributed by atoms with Crippen LogP contribution in [0.2, 0.25) is 0 Å². The lowest BCUT2D eigenvalue weighted by molar-refractivity contribution is 0.0697. The molecule has 0 aromatic heterocycles. The van der Waals surface area contributed by atoms with Gasteiger partial charge in [0.25, 0.3) is 0 Å². The number of hydrogen-bond acceptors (Lipinski definition) is 2. The van der Waals surface area contributed by atoms with E-state index in [1.807, 2.05) is 11.8 Å². The number of nitrogens with zero attached hydrogens (tertiary/aromatic N) is 1. The molecule has 0 bridgehead atoms. The Morgan fingerprint density at radius 2 is 2.15 bits per heavy atom. The minimum atomic E-state index is -0.996. The molecule has 0 aliphatic heterocycles. The smallest absolute Gasteiger partial charge is 0.335 e. The highest BCUT2D eigenvalue weighted by Gasteiger charge is 2.26. The number of benzene rings is 1. The maximum Gasteiger partial charge on any atom is 0.335 e. The number of rotatable bonds is 6. The first-order valence-corrected chi connectivity index (χ1v) is 6.99. The molecule has 1 fully saturated rings. The number of aromatic carboxylic acids is 1. The summed E-state index contributed by atoms with van der Waals surface area (Å²) in [6.07, 6.45) is 3.30. The molecule has 0 saturated heterocycles. The van der Waals surface area contributed by atoms with Crippen molar-refractivity contribution >= 4 is 17.7 Å². The molecule has 0 spiro atoms. The summed E-state index contributed by atoms with van der Waals surface area (Å²) in [6, 6.07) is 6.16. The lowest BCUT2D eigenvalue weighted by Gasteiger charge is -2.22. The largest absolute Gasteiger partial charge is 0.478 e. The first-order valence-electron chi connectivity index (χ1n) is 6.99. The van der Waals surface area contributed by atoms with Gasteiger partial charge in [0.15, 0.2) is 0 Å². The van der Waals surface area contributed by atoms with Crippen LogP contribution in [0.25, 0.3) is 0 Å². The number of urea groups is 1. The molecule has 20 heavy (non-hydrogen) atoms. The number of amides is 2. The second-order valence-corrected chi connectivity index (χ2v) is 5.21. The van der Waals surface area contributed by atoms with Gasteiger partial charge in [0.1, 0.15) is 0 Å². The molecule has 1 aliphatic rings. The second-order valence-electron chi connectivity index (χ2n) is 5.21. The van der Waals surface area contributed by atoms with E-state index in [9.17, 15) is 9.59 Å². The Bertz CT molecular complexity index is 498. The molecule has 0 radical (unpaired) electrons. The van der Waals surface area contributed by atoms with E-state index in [1.165, 1.54) is 25.0 Å². The van der Waals surface area contributed by atoms with E-state index in [-0.39, 0.29) is 11.6 Å². The van der Waals surface area contributed by atoms with Gasteiger partial charge in [-0.05, 0) is 43.4 Å². The van der Waals surface area contributed by atoms with Gasteiger partial charge in [0.2, 0.25) is 0 Å². The van der Waals surface area contributed by atoms with Crippen LogP contribution in [0.15, 0.2) is 24.3 Å². The van der Waals surface area contributed by atoms with Crippen LogP contribution >= 0.6 is 0 Å². The molecule has 1 saturated carbocycles. The molecule has 1 aromatic carbocycles. The van der Waals surface area contributed by atoms with Crippen molar-refractivity contribution in [3.8, 4) is 0 Å². The number of carboxylic acid groups (broad SMARTS) is 1. The Kier molecular flexibility index (Phi) is 4.61. The number of anilines is 1. The first kappa shape index (κ1) is 14.4. The zero-order valence-corrected chi connectivity index (χ0v) is 11.6. The van der Waals surface area contributed by atoms with E-state index in [1.54, 1.807) is 12.1 Å². The fourth-order valence-electron chi connectivity index (χ4n) is 2.09. The molecule has 2 N–H and O–H groups in total. The van der Waals surface area contributed by atoms with E-state index in [4.69, 9.17) is 5.11 Å². The van der Waals surface area contributed by atoms with Crippen LogP contribution in [0.4, 0.5) is 10.5 Å². The van der Waals surface area contributed by atoms with E-state index >= 15 is 0 Å². The zero-order valence-electron chi connectivity index (χ0n) is 11.6. The van der Waals surface area contributed by atoms with Crippen LogP contribution in [0.1, 0.15) is 36.5 Å². The van der Waals surface area contributed by atoms with Crippen LogP contribution in [0.5, 0.6) is 0 Å². The van der Waals surface area contributed by atoms with E-state index in [2.05, 4.69) is 5.32 Å². The van der Waals surface area contributed by atoms with Crippen molar-refractivity contribution in [2.75, 3.05) is 18.4 Å². The van der Waals surface area contributed by atoms with Crippen molar-refractivity contribution in [2.24, 2.45) is 5.92 Å². The van der Waals surface area contributed by atoms with Crippen LogP contribution < -0.4 is 5.32 Å². The highest BCUT2D eigenvalue weighted by molar-refractivity contribution is 5.93. The fraction of sp³-hybridized carbons (Fsp3) is 0.467. The summed E-state index contributed by atoms with van der Waals surface area (Å²) < 4.78 is 0.